The van der Waals surface area contributed by atoms with E-state index in [2.05, 4.69) is 11.8 Å². The van der Waals surface area contributed by atoms with Crippen LogP contribution in [0.2, 0.25) is 0 Å². The Balaban J connectivity index is 2.09. The molecule has 3 aromatic rings. The van der Waals surface area contributed by atoms with Crippen LogP contribution in [0, 0.1) is 11.8 Å². The van der Waals surface area contributed by atoms with Crippen molar-refractivity contribution < 1.29 is 5.11 Å². The second kappa shape index (κ2) is 5.97. The highest BCUT2D eigenvalue weighted by atomic mass is 32.1. The summed E-state index contributed by atoms with van der Waals surface area (Å²) < 4.78 is 0. The minimum atomic E-state index is -1.27. The summed E-state index contributed by atoms with van der Waals surface area (Å²) in [4.78, 5) is 0.831. The van der Waals surface area contributed by atoms with Crippen LogP contribution >= 0.6 is 11.3 Å². The molecule has 1 unspecified atom stereocenters. The van der Waals surface area contributed by atoms with E-state index in [4.69, 9.17) is 0 Å². The molecule has 0 radical (unpaired) electrons. The summed E-state index contributed by atoms with van der Waals surface area (Å²) in [6, 6.07) is 23.1. The summed E-state index contributed by atoms with van der Waals surface area (Å²) in [5.74, 6) is 6.13. The first-order chi connectivity index (χ1) is 10.3. The summed E-state index contributed by atoms with van der Waals surface area (Å²) in [6.45, 7) is 0. The zero-order chi connectivity index (χ0) is 14.5. The van der Waals surface area contributed by atoms with Crippen LogP contribution in [-0.4, -0.2) is 5.11 Å². The van der Waals surface area contributed by atoms with Crippen LogP contribution in [0.15, 0.2) is 78.2 Å². The van der Waals surface area contributed by atoms with E-state index >= 15 is 0 Å². The lowest BCUT2D eigenvalue weighted by Crippen LogP contribution is -2.23. The molecule has 0 bridgehead atoms. The first-order valence-corrected chi connectivity index (χ1v) is 7.57. The molecular weight excluding hydrogens is 276 g/mol. The predicted molar refractivity (Wildman–Crippen MR) is 87.1 cm³/mol. The number of hydrogen-bond donors (Lipinski definition) is 1. The van der Waals surface area contributed by atoms with Gasteiger partial charge >= 0.3 is 0 Å². The van der Waals surface area contributed by atoms with Gasteiger partial charge in [-0.1, -0.05) is 66.4 Å². The summed E-state index contributed by atoms with van der Waals surface area (Å²) in [7, 11) is 0. The van der Waals surface area contributed by atoms with Crippen molar-refractivity contribution in [3.05, 3.63) is 94.2 Å². The Labute approximate surface area is 128 Å². The largest absolute Gasteiger partial charge is 0.369 e. The van der Waals surface area contributed by atoms with Crippen LogP contribution in [0.25, 0.3) is 0 Å². The average Bonchev–Trinajstić information content (AvgIpc) is 3.09. The molecule has 1 heterocycles. The number of thiophene rings is 1. The van der Waals surface area contributed by atoms with Crippen LogP contribution < -0.4 is 0 Å². The van der Waals surface area contributed by atoms with Crippen LogP contribution in [0.3, 0.4) is 0 Å². The Morgan fingerprint density at radius 2 is 1.48 bits per heavy atom. The highest BCUT2D eigenvalue weighted by Crippen LogP contribution is 2.32. The Morgan fingerprint density at radius 3 is 2.10 bits per heavy atom. The minimum absolute atomic E-state index is 0.788. The van der Waals surface area contributed by atoms with Crippen LogP contribution in [-0.2, 0) is 5.60 Å². The summed E-state index contributed by atoms with van der Waals surface area (Å²) in [5.41, 5.74) is 0.407. The standard InChI is InChI=1S/C19H14OS/c20-19(18-12-7-15-21-18,17-10-5-2-6-11-17)14-13-16-8-3-1-4-9-16/h1-12,15,20H. The van der Waals surface area contributed by atoms with Gasteiger partial charge in [0.2, 0.25) is 0 Å². The molecule has 102 valence electrons. The quantitative estimate of drug-likeness (QED) is 0.706. The fraction of sp³-hybridized carbons (Fsp3) is 0.0526. The topological polar surface area (TPSA) is 20.2 Å². The fourth-order valence-corrected chi connectivity index (χ4v) is 2.92. The molecule has 0 saturated carbocycles. The first-order valence-electron chi connectivity index (χ1n) is 6.69. The molecule has 0 amide bonds. The maximum Gasteiger partial charge on any atom is 0.186 e. The number of benzene rings is 2. The maximum atomic E-state index is 11.1. The summed E-state index contributed by atoms with van der Waals surface area (Å²) in [5, 5.41) is 13.1. The molecule has 0 aliphatic heterocycles. The summed E-state index contributed by atoms with van der Waals surface area (Å²) >= 11 is 1.51. The van der Waals surface area contributed by atoms with Crippen molar-refractivity contribution in [2.24, 2.45) is 0 Å². The lowest BCUT2D eigenvalue weighted by molar-refractivity contribution is 0.149. The lowest BCUT2D eigenvalue weighted by Gasteiger charge is -2.21. The van der Waals surface area contributed by atoms with Crippen molar-refractivity contribution in [2.45, 2.75) is 5.60 Å². The van der Waals surface area contributed by atoms with E-state index in [9.17, 15) is 5.11 Å². The van der Waals surface area contributed by atoms with Crippen molar-refractivity contribution >= 4 is 11.3 Å². The molecule has 2 heteroatoms. The Bertz CT molecular complexity index is 752. The maximum absolute atomic E-state index is 11.1. The van der Waals surface area contributed by atoms with Gasteiger partial charge in [-0.05, 0) is 23.6 Å². The van der Waals surface area contributed by atoms with Crippen molar-refractivity contribution in [1.29, 1.82) is 0 Å². The normalized spacial score (nSPS) is 13.0. The lowest BCUT2D eigenvalue weighted by atomic mass is 9.92. The van der Waals surface area contributed by atoms with E-state index in [1.807, 2.05) is 78.2 Å². The highest BCUT2D eigenvalue weighted by molar-refractivity contribution is 7.10. The Kier molecular flexibility index (Phi) is 3.87. The van der Waals surface area contributed by atoms with Gasteiger partial charge < -0.3 is 5.11 Å². The summed E-state index contributed by atoms with van der Waals surface area (Å²) in [6.07, 6.45) is 0. The van der Waals surface area contributed by atoms with Gasteiger partial charge in [-0.3, -0.25) is 0 Å². The average molecular weight is 290 g/mol. The van der Waals surface area contributed by atoms with Gasteiger partial charge in [0.15, 0.2) is 5.60 Å². The molecule has 0 spiro atoms. The second-order valence-corrected chi connectivity index (χ2v) is 5.62. The van der Waals surface area contributed by atoms with Crippen molar-refractivity contribution in [3.63, 3.8) is 0 Å². The van der Waals surface area contributed by atoms with Gasteiger partial charge in [0, 0.05) is 11.1 Å². The zero-order valence-electron chi connectivity index (χ0n) is 11.4. The molecule has 1 nitrogen and oxygen atoms in total. The Hall–Kier alpha value is -2.34. The van der Waals surface area contributed by atoms with Crippen molar-refractivity contribution in [1.82, 2.24) is 0 Å². The van der Waals surface area contributed by atoms with E-state index in [1.165, 1.54) is 11.3 Å². The van der Waals surface area contributed by atoms with Crippen LogP contribution in [0.5, 0.6) is 0 Å². The van der Waals surface area contributed by atoms with Crippen LogP contribution in [0.1, 0.15) is 16.0 Å². The molecule has 1 N–H and O–H groups in total. The monoisotopic (exact) mass is 290 g/mol. The third-order valence-electron chi connectivity index (χ3n) is 3.23. The SMILES string of the molecule is OC(C#Cc1ccccc1)(c1ccccc1)c1cccs1. The molecule has 21 heavy (non-hydrogen) atoms. The van der Waals surface area contributed by atoms with Gasteiger partial charge in [-0.25, -0.2) is 0 Å². The van der Waals surface area contributed by atoms with Gasteiger partial charge in [-0.15, -0.1) is 11.3 Å². The number of aliphatic hydroxyl groups is 1. The van der Waals surface area contributed by atoms with Crippen molar-refractivity contribution in [2.75, 3.05) is 0 Å². The molecule has 3 rings (SSSR count). The smallest absolute Gasteiger partial charge is 0.186 e. The zero-order valence-corrected chi connectivity index (χ0v) is 12.2. The van der Waals surface area contributed by atoms with E-state index < -0.39 is 5.60 Å². The third kappa shape index (κ3) is 2.90. The van der Waals surface area contributed by atoms with E-state index in [1.54, 1.807) is 0 Å². The minimum Gasteiger partial charge on any atom is -0.369 e. The Morgan fingerprint density at radius 1 is 0.810 bits per heavy atom. The predicted octanol–water partition coefficient (Wildman–Crippen LogP) is 4.04. The third-order valence-corrected chi connectivity index (χ3v) is 4.21. The molecule has 0 aliphatic rings. The molecule has 1 atom stereocenters. The van der Waals surface area contributed by atoms with E-state index in [0.717, 1.165) is 16.0 Å². The molecule has 0 aliphatic carbocycles. The molecule has 2 aromatic carbocycles. The van der Waals surface area contributed by atoms with E-state index in [-0.39, 0.29) is 0 Å². The van der Waals surface area contributed by atoms with Gasteiger partial charge in [-0.2, -0.15) is 0 Å². The molecular formula is C19H14OS. The molecule has 0 fully saturated rings. The van der Waals surface area contributed by atoms with Crippen molar-refractivity contribution in [3.8, 4) is 11.8 Å². The molecule has 0 saturated heterocycles. The molecule has 1 aromatic heterocycles. The van der Waals surface area contributed by atoms with Gasteiger partial charge in [0.25, 0.3) is 0 Å². The van der Waals surface area contributed by atoms with Gasteiger partial charge in [0.05, 0.1) is 4.88 Å². The number of hydrogen-bond acceptors (Lipinski definition) is 2. The highest BCUT2D eigenvalue weighted by Gasteiger charge is 2.30. The van der Waals surface area contributed by atoms with Gasteiger partial charge in [0.1, 0.15) is 0 Å². The van der Waals surface area contributed by atoms with Crippen LogP contribution in [0.4, 0.5) is 0 Å². The second-order valence-electron chi connectivity index (χ2n) is 4.67. The first kappa shape index (κ1) is 13.6. The fourth-order valence-electron chi connectivity index (χ4n) is 2.12. The number of rotatable bonds is 2. The van der Waals surface area contributed by atoms with E-state index in [0.29, 0.717) is 0 Å².